The molecule has 0 radical (unpaired) electrons. The topological polar surface area (TPSA) is 35.5 Å². The van der Waals surface area contributed by atoms with Crippen LogP contribution in [0.4, 0.5) is 0 Å². The number of hydrogen-bond acceptors (Lipinski definition) is 3. The maximum absolute atomic E-state index is 13.9. The lowest BCUT2D eigenvalue weighted by Gasteiger charge is -2.22. The molecule has 0 spiro atoms. The molecule has 1 unspecified atom stereocenters. The lowest BCUT2D eigenvalue weighted by Crippen LogP contribution is -2.22. The van der Waals surface area contributed by atoms with Gasteiger partial charge in [0.2, 0.25) is 0 Å². The molecule has 168 valence electrons. The van der Waals surface area contributed by atoms with Crippen LogP contribution in [0.25, 0.3) is 0 Å². The van der Waals surface area contributed by atoms with Crippen molar-refractivity contribution in [3.63, 3.8) is 0 Å². The summed E-state index contributed by atoms with van der Waals surface area (Å²) in [4.78, 5) is 0. The minimum absolute atomic E-state index is 0.0383. The monoisotopic (exact) mass is 440 g/mol. The summed E-state index contributed by atoms with van der Waals surface area (Å²) < 4.78 is 25.3. The lowest BCUT2D eigenvalue weighted by molar-refractivity contribution is -0.162. The van der Waals surface area contributed by atoms with Crippen molar-refractivity contribution in [1.82, 2.24) is 0 Å². The average molecular weight is 441 g/mol. The third-order valence-corrected chi connectivity index (χ3v) is 9.02. The van der Waals surface area contributed by atoms with Gasteiger partial charge in [-0.2, -0.15) is 0 Å². The van der Waals surface area contributed by atoms with Gasteiger partial charge in [-0.15, -0.1) is 0 Å². The van der Waals surface area contributed by atoms with Crippen LogP contribution in [0.5, 0.6) is 0 Å². The van der Waals surface area contributed by atoms with E-state index in [4.69, 9.17) is 9.47 Å². The second kappa shape index (κ2) is 13.7. The number of rotatable bonds is 13. The van der Waals surface area contributed by atoms with Gasteiger partial charge < -0.3 is 14.0 Å². The van der Waals surface area contributed by atoms with Crippen LogP contribution >= 0.6 is 7.14 Å². The summed E-state index contributed by atoms with van der Waals surface area (Å²) >= 11 is 0. The van der Waals surface area contributed by atoms with Crippen molar-refractivity contribution in [3.05, 3.63) is 72.8 Å². The highest BCUT2D eigenvalue weighted by Crippen LogP contribution is 2.44. The van der Waals surface area contributed by atoms with Crippen LogP contribution in [0, 0.1) is 0 Å². The van der Waals surface area contributed by atoms with Gasteiger partial charge in [0.15, 0.2) is 6.29 Å². The van der Waals surface area contributed by atoms with Gasteiger partial charge in [0, 0.05) is 30.0 Å². The Balaban J connectivity index is 1.33. The van der Waals surface area contributed by atoms with Crippen molar-refractivity contribution < 1.29 is 14.0 Å². The van der Waals surface area contributed by atoms with E-state index in [1.807, 2.05) is 60.7 Å². The molecule has 0 N–H and O–H groups in total. The molecule has 1 atom stereocenters. The van der Waals surface area contributed by atoms with Gasteiger partial charge in [0.25, 0.3) is 0 Å². The summed E-state index contributed by atoms with van der Waals surface area (Å²) in [6.45, 7) is 1.66. The van der Waals surface area contributed by atoms with Crippen molar-refractivity contribution in [2.45, 2.75) is 64.1 Å². The van der Waals surface area contributed by atoms with E-state index in [2.05, 4.69) is 12.2 Å². The van der Waals surface area contributed by atoms with Crippen molar-refractivity contribution in [2.75, 3.05) is 19.4 Å². The molecule has 1 fully saturated rings. The number of unbranched alkanes of at least 4 members (excludes halogenated alkanes) is 4. The Morgan fingerprint density at radius 3 is 2.10 bits per heavy atom. The van der Waals surface area contributed by atoms with Crippen LogP contribution in [-0.2, 0) is 14.0 Å². The molecular formula is C27H37O3P. The molecule has 0 saturated carbocycles. The Labute approximate surface area is 188 Å². The predicted molar refractivity (Wildman–Crippen MR) is 131 cm³/mol. The summed E-state index contributed by atoms with van der Waals surface area (Å²) in [7, 11) is -2.57. The van der Waals surface area contributed by atoms with Crippen molar-refractivity contribution in [1.29, 1.82) is 0 Å². The highest BCUT2D eigenvalue weighted by molar-refractivity contribution is 7.78. The third-order valence-electron chi connectivity index (χ3n) is 5.81. The zero-order chi connectivity index (χ0) is 21.6. The predicted octanol–water partition coefficient (Wildman–Crippen LogP) is 6.44. The first-order chi connectivity index (χ1) is 15.3. The van der Waals surface area contributed by atoms with E-state index in [9.17, 15) is 4.57 Å². The quantitative estimate of drug-likeness (QED) is 0.204. The standard InChI is InChI=1S/C27H37O3P/c28-31(25-17-9-7-10-18-25,26-19-11-8-12-20-26)24-16-6-4-2-1-3-5-14-22-29-27-21-13-15-23-30-27/h2,4,7-12,17-20,27H,1,3,5-6,13-16,21-24H2. The summed E-state index contributed by atoms with van der Waals surface area (Å²) in [5.74, 6) is 0. The molecule has 3 nitrogen and oxygen atoms in total. The van der Waals surface area contributed by atoms with E-state index in [0.29, 0.717) is 6.16 Å². The molecule has 2 aromatic carbocycles. The Kier molecular flexibility index (Phi) is 10.6. The fourth-order valence-electron chi connectivity index (χ4n) is 4.01. The van der Waals surface area contributed by atoms with Gasteiger partial charge in [-0.1, -0.05) is 79.2 Å². The van der Waals surface area contributed by atoms with Gasteiger partial charge in [-0.25, -0.2) is 0 Å². The maximum atomic E-state index is 13.9. The molecule has 31 heavy (non-hydrogen) atoms. The molecule has 0 amide bonds. The van der Waals surface area contributed by atoms with Crippen molar-refractivity contribution >= 4 is 17.8 Å². The maximum Gasteiger partial charge on any atom is 0.157 e. The lowest BCUT2D eigenvalue weighted by atomic mass is 10.2. The molecule has 0 aromatic heterocycles. The van der Waals surface area contributed by atoms with E-state index in [1.54, 1.807) is 0 Å². The highest BCUT2D eigenvalue weighted by atomic mass is 31.2. The van der Waals surface area contributed by atoms with Crippen LogP contribution < -0.4 is 10.6 Å². The van der Waals surface area contributed by atoms with E-state index in [-0.39, 0.29) is 6.29 Å². The highest BCUT2D eigenvalue weighted by Gasteiger charge is 2.26. The van der Waals surface area contributed by atoms with E-state index in [0.717, 1.165) is 55.9 Å². The Hall–Kier alpha value is -1.67. The molecule has 0 bridgehead atoms. The van der Waals surface area contributed by atoms with Gasteiger partial charge in [-0.05, 0) is 51.4 Å². The first-order valence-electron chi connectivity index (χ1n) is 11.9. The van der Waals surface area contributed by atoms with Crippen molar-refractivity contribution in [3.8, 4) is 0 Å². The van der Waals surface area contributed by atoms with Crippen LogP contribution in [0.1, 0.15) is 57.8 Å². The van der Waals surface area contributed by atoms with Crippen LogP contribution in [-0.4, -0.2) is 25.7 Å². The summed E-state index contributed by atoms with van der Waals surface area (Å²) in [6.07, 6.45) is 15.2. The number of hydrogen-bond donors (Lipinski definition) is 0. The first kappa shape index (κ1) is 24.0. The fourth-order valence-corrected chi connectivity index (χ4v) is 6.76. The fraction of sp³-hybridized carbons (Fsp3) is 0.481. The normalized spacial score (nSPS) is 17.2. The summed E-state index contributed by atoms with van der Waals surface area (Å²) in [5.41, 5.74) is 0. The summed E-state index contributed by atoms with van der Waals surface area (Å²) in [5, 5.41) is 1.93. The largest absolute Gasteiger partial charge is 0.353 e. The molecule has 1 heterocycles. The molecule has 1 aliphatic heterocycles. The van der Waals surface area contributed by atoms with Gasteiger partial charge >= 0.3 is 0 Å². The van der Waals surface area contributed by atoms with Crippen LogP contribution in [0.3, 0.4) is 0 Å². The van der Waals surface area contributed by atoms with Crippen LogP contribution in [0.2, 0.25) is 0 Å². The number of ether oxygens (including phenoxy) is 2. The zero-order valence-corrected chi connectivity index (χ0v) is 19.6. The average Bonchev–Trinajstić information content (AvgIpc) is 2.84. The first-order valence-corrected chi connectivity index (χ1v) is 13.8. The summed E-state index contributed by atoms with van der Waals surface area (Å²) in [6, 6.07) is 19.9. The Morgan fingerprint density at radius 2 is 1.48 bits per heavy atom. The Bertz CT molecular complexity index is 754. The number of allylic oxidation sites excluding steroid dienone is 2. The molecular weight excluding hydrogens is 403 g/mol. The molecule has 4 heteroatoms. The van der Waals surface area contributed by atoms with Crippen LogP contribution in [0.15, 0.2) is 72.8 Å². The van der Waals surface area contributed by atoms with E-state index in [1.165, 1.54) is 25.7 Å². The van der Waals surface area contributed by atoms with Gasteiger partial charge in [0.1, 0.15) is 7.14 Å². The smallest absolute Gasteiger partial charge is 0.157 e. The molecule has 3 rings (SSSR count). The van der Waals surface area contributed by atoms with Crippen molar-refractivity contribution in [2.24, 2.45) is 0 Å². The minimum Gasteiger partial charge on any atom is -0.353 e. The number of benzene rings is 2. The SMILES string of the molecule is O=P(CCCC=CCCCCCOC1CCCCO1)(c1ccccc1)c1ccccc1. The second-order valence-corrected chi connectivity index (χ2v) is 11.2. The van der Waals surface area contributed by atoms with Gasteiger partial charge in [-0.3, -0.25) is 0 Å². The minimum atomic E-state index is -2.57. The zero-order valence-electron chi connectivity index (χ0n) is 18.7. The molecule has 1 saturated heterocycles. The molecule has 1 aliphatic rings. The molecule has 2 aromatic rings. The third kappa shape index (κ3) is 8.07. The second-order valence-electron chi connectivity index (χ2n) is 8.26. The molecule has 0 aliphatic carbocycles. The van der Waals surface area contributed by atoms with E-state index >= 15 is 0 Å². The van der Waals surface area contributed by atoms with E-state index < -0.39 is 7.14 Å². The Morgan fingerprint density at radius 1 is 0.839 bits per heavy atom. The van der Waals surface area contributed by atoms with Gasteiger partial charge in [0.05, 0.1) is 0 Å².